The first kappa shape index (κ1) is 15.3. The van der Waals surface area contributed by atoms with Gasteiger partial charge in [0, 0.05) is 24.7 Å². The van der Waals surface area contributed by atoms with Crippen molar-refractivity contribution in [3.05, 3.63) is 18.5 Å². The van der Waals surface area contributed by atoms with E-state index in [1.807, 2.05) is 12.4 Å². The van der Waals surface area contributed by atoms with Crippen LogP contribution in [0.5, 0.6) is 0 Å². The molecule has 0 saturated carbocycles. The highest BCUT2D eigenvalue weighted by Crippen LogP contribution is 2.36. The number of aromatic nitrogens is 1. The molecule has 1 aromatic heterocycles. The van der Waals surface area contributed by atoms with Gasteiger partial charge in [-0.3, -0.25) is 4.98 Å². The monoisotopic (exact) mass is 276 g/mol. The van der Waals surface area contributed by atoms with Gasteiger partial charge in [0.25, 0.3) is 0 Å². The van der Waals surface area contributed by atoms with Crippen molar-refractivity contribution in [1.29, 1.82) is 0 Å². The maximum atomic E-state index is 6.07. The average molecular weight is 276 g/mol. The van der Waals surface area contributed by atoms with Gasteiger partial charge in [0.1, 0.15) is 0 Å². The van der Waals surface area contributed by atoms with E-state index in [2.05, 4.69) is 57.5 Å². The summed E-state index contributed by atoms with van der Waals surface area (Å²) >= 11 is 0. The van der Waals surface area contributed by atoms with Gasteiger partial charge in [-0.05, 0) is 47.6 Å². The molecule has 2 rings (SSSR count). The summed E-state index contributed by atoms with van der Waals surface area (Å²) in [6.07, 6.45) is 3.72. The van der Waals surface area contributed by atoms with E-state index in [1.165, 1.54) is 0 Å². The molecule has 0 unspecified atom stereocenters. The van der Waals surface area contributed by atoms with Crippen molar-refractivity contribution in [3.8, 4) is 0 Å². The Morgan fingerprint density at radius 2 is 1.60 bits per heavy atom. The molecule has 0 atom stereocenters. The van der Waals surface area contributed by atoms with Gasteiger partial charge in [0.2, 0.25) is 0 Å². The standard InChI is InChI=1S/C15H25BN2O2/c1-7-18(8-2)13-9-12(10-17-11-13)16-19-14(3,4)15(5,6)20-16/h9-11H,7-8H2,1-6H3. The van der Waals surface area contributed by atoms with Crippen molar-refractivity contribution in [2.24, 2.45) is 0 Å². The summed E-state index contributed by atoms with van der Waals surface area (Å²) in [6.45, 7) is 14.5. The van der Waals surface area contributed by atoms with E-state index in [0.717, 1.165) is 24.2 Å². The summed E-state index contributed by atoms with van der Waals surface area (Å²) in [6, 6.07) is 2.11. The van der Waals surface area contributed by atoms with Gasteiger partial charge >= 0.3 is 7.12 Å². The average Bonchev–Trinajstić information content (AvgIpc) is 2.60. The summed E-state index contributed by atoms with van der Waals surface area (Å²) < 4.78 is 12.1. The zero-order chi connectivity index (χ0) is 15.0. The van der Waals surface area contributed by atoms with Crippen LogP contribution in [0.25, 0.3) is 0 Å². The molecule has 1 aliphatic rings. The van der Waals surface area contributed by atoms with E-state index in [0.29, 0.717) is 0 Å². The normalized spacial score (nSPS) is 20.2. The molecule has 1 saturated heterocycles. The summed E-state index contributed by atoms with van der Waals surface area (Å²) in [4.78, 5) is 6.61. The molecule has 0 spiro atoms. The largest absolute Gasteiger partial charge is 0.496 e. The van der Waals surface area contributed by atoms with E-state index in [-0.39, 0.29) is 18.3 Å². The number of nitrogens with zero attached hydrogens (tertiary/aromatic N) is 2. The van der Waals surface area contributed by atoms with Crippen LogP contribution in [-0.4, -0.2) is 36.4 Å². The summed E-state index contributed by atoms with van der Waals surface area (Å²) in [5, 5.41) is 0. The molecule has 5 heteroatoms. The Bertz CT molecular complexity index is 457. The molecule has 1 aliphatic heterocycles. The minimum absolute atomic E-state index is 0.317. The fourth-order valence-electron chi connectivity index (χ4n) is 2.31. The van der Waals surface area contributed by atoms with Crippen molar-refractivity contribution >= 4 is 18.3 Å². The van der Waals surface area contributed by atoms with Crippen LogP contribution in [0.15, 0.2) is 18.5 Å². The van der Waals surface area contributed by atoms with E-state index >= 15 is 0 Å². The van der Waals surface area contributed by atoms with Gasteiger partial charge in [0.15, 0.2) is 0 Å². The highest BCUT2D eigenvalue weighted by molar-refractivity contribution is 6.62. The molecule has 0 aromatic carbocycles. The lowest BCUT2D eigenvalue weighted by molar-refractivity contribution is 0.00578. The summed E-state index contributed by atoms with van der Waals surface area (Å²) in [5.74, 6) is 0. The Balaban J connectivity index is 2.25. The van der Waals surface area contributed by atoms with Crippen molar-refractivity contribution in [3.63, 3.8) is 0 Å². The summed E-state index contributed by atoms with van der Waals surface area (Å²) in [5.41, 5.74) is 1.46. The fourth-order valence-corrected chi connectivity index (χ4v) is 2.31. The number of anilines is 1. The third-order valence-electron chi connectivity index (χ3n) is 4.40. The molecular weight excluding hydrogens is 251 g/mol. The van der Waals surface area contributed by atoms with Crippen LogP contribution < -0.4 is 10.4 Å². The first-order valence-electron chi connectivity index (χ1n) is 7.36. The minimum atomic E-state index is -0.344. The highest BCUT2D eigenvalue weighted by Gasteiger charge is 2.51. The quantitative estimate of drug-likeness (QED) is 0.790. The van der Waals surface area contributed by atoms with Crippen LogP contribution >= 0.6 is 0 Å². The second kappa shape index (κ2) is 5.37. The maximum Gasteiger partial charge on any atom is 0.496 e. The van der Waals surface area contributed by atoms with Crippen molar-refractivity contribution < 1.29 is 9.31 Å². The van der Waals surface area contributed by atoms with E-state index < -0.39 is 0 Å². The second-order valence-electron chi connectivity index (χ2n) is 6.24. The summed E-state index contributed by atoms with van der Waals surface area (Å²) in [7, 11) is -0.344. The lowest BCUT2D eigenvalue weighted by Gasteiger charge is -2.32. The lowest BCUT2D eigenvalue weighted by atomic mass is 9.80. The Kier molecular flexibility index (Phi) is 4.12. The molecular formula is C15H25BN2O2. The zero-order valence-corrected chi connectivity index (χ0v) is 13.4. The number of hydrogen-bond donors (Lipinski definition) is 0. The van der Waals surface area contributed by atoms with Crippen molar-refractivity contribution in [2.45, 2.75) is 52.7 Å². The Morgan fingerprint density at radius 1 is 1.05 bits per heavy atom. The third-order valence-corrected chi connectivity index (χ3v) is 4.40. The molecule has 110 valence electrons. The first-order chi connectivity index (χ1) is 9.30. The Labute approximate surface area is 122 Å². The number of pyridine rings is 1. The van der Waals surface area contributed by atoms with E-state index in [9.17, 15) is 0 Å². The molecule has 0 N–H and O–H groups in total. The lowest BCUT2D eigenvalue weighted by Crippen LogP contribution is -2.41. The van der Waals surface area contributed by atoms with Crippen molar-refractivity contribution in [1.82, 2.24) is 4.98 Å². The topological polar surface area (TPSA) is 34.6 Å². The molecule has 0 amide bonds. The molecule has 2 heterocycles. The van der Waals surface area contributed by atoms with Gasteiger partial charge < -0.3 is 14.2 Å². The fraction of sp³-hybridized carbons (Fsp3) is 0.667. The second-order valence-corrected chi connectivity index (χ2v) is 6.24. The highest BCUT2D eigenvalue weighted by atomic mass is 16.7. The van der Waals surface area contributed by atoms with Crippen LogP contribution in [0.2, 0.25) is 0 Å². The predicted molar refractivity (Wildman–Crippen MR) is 83.5 cm³/mol. The van der Waals surface area contributed by atoms with Gasteiger partial charge in [0.05, 0.1) is 23.1 Å². The molecule has 4 nitrogen and oxygen atoms in total. The molecule has 0 radical (unpaired) electrons. The van der Waals surface area contributed by atoms with Gasteiger partial charge in [-0.1, -0.05) is 0 Å². The van der Waals surface area contributed by atoms with E-state index in [1.54, 1.807) is 0 Å². The predicted octanol–water partition coefficient (Wildman–Crippen LogP) is 2.23. The maximum absolute atomic E-state index is 6.07. The van der Waals surface area contributed by atoms with Gasteiger partial charge in [-0.2, -0.15) is 0 Å². The van der Waals surface area contributed by atoms with Crippen LogP contribution in [-0.2, 0) is 9.31 Å². The molecule has 1 aromatic rings. The Hall–Kier alpha value is -1.07. The molecule has 20 heavy (non-hydrogen) atoms. The molecule has 1 fully saturated rings. The molecule has 0 aliphatic carbocycles. The zero-order valence-electron chi connectivity index (χ0n) is 13.4. The smallest absolute Gasteiger partial charge is 0.399 e. The van der Waals surface area contributed by atoms with Gasteiger partial charge in [-0.25, -0.2) is 0 Å². The third kappa shape index (κ3) is 2.70. The van der Waals surface area contributed by atoms with Crippen LogP contribution in [0.1, 0.15) is 41.5 Å². The van der Waals surface area contributed by atoms with Crippen LogP contribution in [0, 0.1) is 0 Å². The van der Waals surface area contributed by atoms with Crippen LogP contribution in [0.4, 0.5) is 5.69 Å². The van der Waals surface area contributed by atoms with Crippen LogP contribution in [0.3, 0.4) is 0 Å². The first-order valence-corrected chi connectivity index (χ1v) is 7.36. The number of rotatable bonds is 4. The molecule has 0 bridgehead atoms. The van der Waals surface area contributed by atoms with Gasteiger partial charge in [-0.15, -0.1) is 0 Å². The number of hydrogen-bond acceptors (Lipinski definition) is 4. The Morgan fingerprint density at radius 3 is 2.10 bits per heavy atom. The minimum Gasteiger partial charge on any atom is -0.399 e. The van der Waals surface area contributed by atoms with E-state index in [4.69, 9.17) is 9.31 Å². The SMILES string of the molecule is CCN(CC)c1cncc(B2OC(C)(C)C(C)(C)O2)c1. The van der Waals surface area contributed by atoms with Crippen molar-refractivity contribution in [2.75, 3.05) is 18.0 Å².